The molecule has 2 N–H and O–H groups in total. The van der Waals surface area contributed by atoms with Crippen molar-refractivity contribution in [2.45, 2.75) is 64.3 Å². The lowest BCUT2D eigenvalue weighted by Crippen LogP contribution is -2.36. The van der Waals surface area contributed by atoms with E-state index in [1.807, 2.05) is 6.92 Å². The van der Waals surface area contributed by atoms with E-state index in [1.165, 1.54) is 12.1 Å². The molecule has 2 aromatic rings. The van der Waals surface area contributed by atoms with Gasteiger partial charge in [-0.05, 0) is 33.6 Å². The number of benzene rings is 1. The predicted molar refractivity (Wildman–Crippen MR) is 114 cm³/mol. The number of alkyl halides is 2. The first-order valence-electron chi connectivity index (χ1n) is 10.9. The third-order valence-electron chi connectivity index (χ3n) is 5.88. The van der Waals surface area contributed by atoms with E-state index in [1.54, 1.807) is 13.8 Å². The summed E-state index contributed by atoms with van der Waals surface area (Å²) in [6.07, 6.45) is -1.87. The Hall–Kier alpha value is -2.72. The van der Waals surface area contributed by atoms with Crippen molar-refractivity contribution >= 4 is 11.7 Å². The van der Waals surface area contributed by atoms with Crippen LogP contribution < -0.4 is 10.6 Å². The lowest BCUT2D eigenvalue weighted by atomic mass is 10.0. The van der Waals surface area contributed by atoms with Gasteiger partial charge in [-0.25, -0.2) is 23.1 Å². The Morgan fingerprint density at radius 3 is 2.52 bits per heavy atom. The summed E-state index contributed by atoms with van der Waals surface area (Å²) < 4.78 is 52.4. The number of carbonyl (C=O) groups is 1. The summed E-state index contributed by atoms with van der Waals surface area (Å²) in [7, 11) is 0. The Bertz CT molecular complexity index is 1040. The quantitative estimate of drug-likeness (QED) is 0.606. The molecule has 33 heavy (non-hydrogen) atoms. The number of carbonyl (C=O) groups excluding carboxylic acids is 1. The first-order valence-corrected chi connectivity index (χ1v) is 10.9. The van der Waals surface area contributed by atoms with Crippen LogP contribution >= 0.6 is 0 Å². The molecule has 0 unspecified atom stereocenters. The van der Waals surface area contributed by atoms with Gasteiger partial charge >= 0.3 is 0 Å². The number of amides is 1. The molecule has 2 aliphatic rings. The standard InChI is InChI=1S/C23H27F3N4O3/c1-12(14-5-4-6-15(19(14)24)20(25)26)27-21-18(22-32-9-10-33-22)16(28-13(2)29-21)11-17(31)30-23(3)7-8-23/h4-6,12,20,22H,7-11H2,1-3H3,(H,30,31)(H,27,28,29)/t12-/m1/s1. The maximum atomic E-state index is 14.7. The van der Waals surface area contributed by atoms with Gasteiger partial charge in [-0.1, -0.05) is 18.2 Å². The van der Waals surface area contributed by atoms with Crippen LogP contribution in [0.15, 0.2) is 18.2 Å². The van der Waals surface area contributed by atoms with Crippen molar-refractivity contribution in [2.24, 2.45) is 0 Å². The van der Waals surface area contributed by atoms with E-state index in [9.17, 15) is 18.0 Å². The molecule has 0 spiro atoms. The Morgan fingerprint density at radius 1 is 1.21 bits per heavy atom. The molecule has 0 bridgehead atoms. The van der Waals surface area contributed by atoms with Crippen LogP contribution in [0.4, 0.5) is 19.0 Å². The van der Waals surface area contributed by atoms with Crippen molar-refractivity contribution < 1.29 is 27.4 Å². The molecule has 1 aliphatic heterocycles. The van der Waals surface area contributed by atoms with E-state index in [0.29, 0.717) is 36.1 Å². The van der Waals surface area contributed by atoms with Crippen LogP contribution in [0.25, 0.3) is 0 Å². The largest absolute Gasteiger partial charge is 0.363 e. The molecular weight excluding hydrogens is 437 g/mol. The minimum Gasteiger partial charge on any atom is -0.363 e. The molecule has 0 radical (unpaired) electrons. The maximum absolute atomic E-state index is 14.7. The number of hydrogen-bond acceptors (Lipinski definition) is 6. The smallest absolute Gasteiger partial charge is 0.266 e. The fourth-order valence-electron chi connectivity index (χ4n) is 3.86. The fourth-order valence-corrected chi connectivity index (χ4v) is 3.86. The third-order valence-corrected chi connectivity index (χ3v) is 5.88. The SMILES string of the molecule is Cc1nc(CC(=O)NC2(C)CC2)c(C2OCCO2)c(N[C@H](C)c2cccc(C(F)F)c2F)n1. The highest BCUT2D eigenvalue weighted by molar-refractivity contribution is 5.80. The summed E-state index contributed by atoms with van der Waals surface area (Å²) in [5.74, 6) is -0.439. The van der Waals surface area contributed by atoms with Gasteiger partial charge < -0.3 is 20.1 Å². The van der Waals surface area contributed by atoms with E-state index < -0.39 is 30.1 Å². The number of nitrogens with zero attached hydrogens (tertiary/aromatic N) is 2. The molecule has 178 valence electrons. The van der Waals surface area contributed by atoms with E-state index in [2.05, 4.69) is 20.6 Å². The Morgan fingerprint density at radius 2 is 1.88 bits per heavy atom. The van der Waals surface area contributed by atoms with E-state index >= 15 is 0 Å². The van der Waals surface area contributed by atoms with Gasteiger partial charge in [-0.3, -0.25) is 4.79 Å². The third kappa shape index (κ3) is 5.27. The molecule has 1 atom stereocenters. The van der Waals surface area contributed by atoms with Gasteiger partial charge in [0, 0.05) is 11.1 Å². The Balaban J connectivity index is 1.66. The summed E-state index contributed by atoms with van der Waals surface area (Å²) in [6, 6.07) is 3.19. The zero-order valence-corrected chi connectivity index (χ0v) is 18.8. The normalized spacial score (nSPS) is 18.4. The molecular formula is C23H27F3N4O3. The minimum atomic E-state index is -2.92. The van der Waals surface area contributed by atoms with E-state index in [-0.39, 0.29) is 23.4 Å². The molecule has 2 heterocycles. The van der Waals surface area contributed by atoms with Crippen molar-refractivity contribution in [2.75, 3.05) is 18.5 Å². The van der Waals surface area contributed by atoms with E-state index in [4.69, 9.17) is 9.47 Å². The zero-order valence-electron chi connectivity index (χ0n) is 18.8. The number of hydrogen-bond donors (Lipinski definition) is 2. The Kier molecular flexibility index (Phi) is 6.58. The summed E-state index contributed by atoms with van der Waals surface area (Å²) in [5.41, 5.74) is 0.125. The first-order chi connectivity index (χ1) is 15.7. The molecule has 1 amide bonds. The number of halogens is 3. The molecule has 1 aromatic heterocycles. The van der Waals surface area contributed by atoms with Crippen molar-refractivity contribution in [3.63, 3.8) is 0 Å². The van der Waals surface area contributed by atoms with Crippen LogP contribution in [0.2, 0.25) is 0 Å². The molecule has 7 nitrogen and oxygen atoms in total. The molecule has 1 aliphatic carbocycles. The predicted octanol–water partition coefficient (Wildman–Crippen LogP) is 4.29. The summed E-state index contributed by atoms with van der Waals surface area (Å²) in [6.45, 7) is 6.03. The topological polar surface area (TPSA) is 85.4 Å². The van der Waals surface area contributed by atoms with Crippen molar-refractivity contribution in [3.8, 4) is 0 Å². The highest BCUT2D eigenvalue weighted by atomic mass is 19.3. The second-order valence-electron chi connectivity index (χ2n) is 8.76. The Labute approximate surface area is 190 Å². The van der Waals surface area contributed by atoms with Crippen molar-refractivity contribution in [1.82, 2.24) is 15.3 Å². The zero-order chi connectivity index (χ0) is 23.8. The number of aryl methyl sites for hydroxylation is 1. The van der Waals surface area contributed by atoms with E-state index in [0.717, 1.165) is 18.9 Å². The van der Waals surface area contributed by atoms with Crippen LogP contribution in [0.1, 0.15) is 73.7 Å². The van der Waals surface area contributed by atoms with Crippen molar-refractivity contribution in [3.05, 3.63) is 52.2 Å². The molecule has 1 saturated heterocycles. The number of rotatable bonds is 8. The molecule has 1 aromatic carbocycles. The monoisotopic (exact) mass is 464 g/mol. The number of ether oxygens (including phenoxy) is 2. The number of aromatic nitrogens is 2. The number of nitrogens with one attached hydrogen (secondary N) is 2. The number of anilines is 1. The summed E-state index contributed by atoms with van der Waals surface area (Å²) >= 11 is 0. The van der Waals surface area contributed by atoms with Crippen LogP contribution in [-0.2, 0) is 20.7 Å². The molecule has 1 saturated carbocycles. The first kappa shape index (κ1) is 23.4. The van der Waals surface area contributed by atoms with Gasteiger partial charge in [-0.15, -0.1) is 0 Å². The van der Waals surface area contributed by atoms with Gasteiger partial charge in [0.05, 0.1) is 42.5 Å². The average molecular weight is 464 g/mol. The van der Waals surface area contributed by atoms with Crippen LogP contribution in [0.5, 0.6) is 0 Å². The minimum absolute atomic E-state index is 0.00417. The fraction of sp³-hybridized carbons (Fsp3) is 0.522. The van der Waals surface area contributed by atoms with Gasteiger partial charge in [-0.2, -0.15) is 0 Å². The lowest BCUT2D eigenvalue weighted by Gasteiger charge is -2.23. The summed E-state index contributed by atoms with van der Waals surface area (Å²) in [4.78, 5) is 21.6. The van der Waals surface area contributed by atoms with Gasteiger partial charge in [0.25, 0.3) is 6.43 Å². The molecule has 10 heteroatoms. The van der Waals surface area contributed by atoms with Crippen LogP contribution in [0.3, 0.4) is 0 Å². The van der Waals surface area contributed by atoms with Crippen molar-refractivity contribution in [1.29, 1.82) is 0 Å². The molecule has 4 rings (SSSR count). The lowest BCUT2D eigenvalue weighted by molar-refractivity contribution is -0.121. The summed E-state index contributed by atoms with van der Waals surface area (Å²) in [5, 5.41) is 6.10. The molecule has 2 fully saturated rings. The highest BCUT2D eigenvalue weighted by Gasteiger charge is 2.39. The maximum Gasteiger partial charge on any atom is 0.266 e. The van der Waals surface area contributed by atoms with Crippen LogP contribution in [0, 0.1) is 12.7 Å². The van der Waals surface area contributed by atoms with Gasteiger partial charge in [0.1, 0.15) is 17.5 Å². The van der Waals surface area contributed by atoms with Gasteiger partial charge in [0.15, 0.2) is 6.29 Å². The second kappa shape index (κ2) is 9.26. The average Bonchev–Trinajstić information content (AvgIpc) is 3.21. The van der Waals surface area contributed by atoms with Gasteiger partial charge in [0.2, 0.25) is 5.91 Å². The second-order valence-corrected chi connectivity index (χ2v) is 8.76. The van der Waals surface area contributed by atoms with Crippen LogP contribution in [-0.4, -0.2) is 34.6 Å². The highest BCUT2D eigenvalue weighted by Crippen LogP contribution is 2.36.